The van der Waals surface area contributed by atoms with E-state index in [1.165, 1.54) is 4.90 Å². The van der Waals surface area contributed by atoms with E-state index in [1.54, 1.807) is 0 Å². The molecule has 1 aromatic carbocycles. The van der Waals surface area contributed by atoms with Gasteiger partial charge in [0.05, 0.1) is 19.2 Å². The normalized spacial score (nSPS) is 19.4. The molecule has 3 fully saturated rings. The van der Waals surface area contributed by atoms with Crippen molar-refractivity contribution in [3.63, 3.8) is 0 Å². The van der Waals surface area contributed by atoms with Gasteiger partial charge >= 0.3 is 12.1 Å². The highest BCUT2D eigenvalue weighted by Gasteiger charge is 2.42. The summed E-state index contributed by atoms with van der Waals surface area (Å²) in [4.78, 5) is 94.6. The number of carbonyl (C=O) groups excluding carboxylic acids is 7. The fourth-order valence-corrected chi connectivity index (χ4v) is 7.85. The third-order valence-corrected chi connectivity index (χ3v) is 10.8. The Morgan fingerprint density at radius 1 is 0.764 bits per heavy atom. The molecular formula is C41H61N5O9. The molecule has 2 unspecified atom stereocenters. The van der Waals surface area contributed by atoms with Crippen molar-refractivity contribution in [3.8, 4) is 0 Å². The fraction of sp³-hybridized carbons (Fsp3) is 0.683. The van der Waals surface area contributed by atoms with Gasteiger partial charge in [0.25, 0.3) is 5.91 Å². The van der Waals surface area contributed by atoms with E-state index >= 15 is 0 Å². The predicted octanol–water partition coefficient (Wildman–Crippen LogP) is 4.09. The number of amides is 5. The first kappa shape index (κ1) is 43.2. The first-order chi connectivity index (χ1) is 26.5. The summed E-state index contributed by atoms with van der Waals surface area (Å²) < 4.78 is 10.9. The van der Waals surface area contributed by atoms with E-state index in [9.17, 15) is 33.6 Å². The molecular weight excluding hydrogens is 706 g/mol. The van der Waals surface area contributed by atoms with Gasteiger partial charge in [0, 0.05) is 6.54 Å². The second kappa shape index (κ2) is 22.2. The molecule has 0 radical (unpaired) electrons. The summed E-state index contributed by atoms with van der Waals surface area (Å²) in [6.45, 7) is 5.69. The van der Waals surface area contributed by atoms with E-state index < -0.39 is 66.3 Å². The van der Waals surface area contributed by atoms with Crippen LogP contribution in [0.2, 0.25) is 0 Å². The Balaban J connectivity index is 1.34. The van der Waals surface area contributed by atoms with E-state index in [0.29, 0.717) is 25.8 Å². The maximum absolute atomic E-state index is 14.0. The Labute approximate surface area is 325 Å². The van der Waals surface area contributed by atoms with Crippen molar-refractivity contribution in [1.29, 1.82) is 0 Å². The van der Waals surface area contributed by atoms with Crippen LogP contribution in [0.25, 0.3) is 0 Å². The SMILES string of the molecule is CCCC(NC(=O)[C@@H]1CCCN1C(=O)[C@@H](NC(=O)OCC(C)C)C1CCCCC1)C(=O)C(=O)NCC(=O)NC(C(=O)OCc1ccccc1)C1CCCCC1. The number of hydrogen-bond donors (Lipinski definition) is 4. The number of alkyl carbamates (subject to hydrolysis) is 1. The summed E-state index contributed by atoms with van der Waals surface area (Å²) >= 11 is 0. The van der Waals surface area contributed by atoms with Crippen LogP contribution in [-0.4, -0.2) is 90.2 Å². The van der Waals surface area contributed by atoms with Gasteiger partial charge in [0.1, 0.15) is 24.7 Å². The maximum Gasteiger partial charge on any atom is 0.407 e. The quantitative estimate of drug-likeness (QED) is 0.126. The van der Waals surface area contributed by atoms with Crippen molar-refractivity contribution < 1.29 is 43.0 Å². The van der Waals surface area contributed by atoms with Crippen LogP contribution in [0.3, 0.4) is 0 Å². The molecule has 304 valence electrons. The van der Waals surface area contributed by atoms with Gasteiger partial charge < -0.3 is 35.6 Å². The molecule has 4 N–H and O–H groups in total. The van der Waals surface area contributed by atoms with Gasteiger partial charge in [-0.15, -0.1) is 0 Å². The molecule has 2 saturated carbocycles. The molecule has 4 rings (SSSR count). The summed E-state index contributed by atoms with van der Waals surface area (Å²) in [5.74, 6) is -4.15. The zero-order valence-electron chi connectivity index (χ0n) is 32.8. The number of hydrogen-bond acceptors (Lipinski definition) is 9. The Kier molecular flexibility index (Phi) is 17.4. The second-order valence-corrected chi connectivity index (χ2v) is 15.6. The molecule has 3 aliphatic rings. The fourth-order valence-electron chi connectivity index (χ4n) is 7.85. The minimum atomic E-state index is -1.18. The van der Waals surface area contributed by atoms with Crippen molar-refractivity contribution in [2.24, 2.45) is 17.8 Å². The molecule has 4 atom stereocenters. The van der Waals surface area contributed by atoms with Gasteiger partial charge in [-0.1, -0.05) is 96.0 Å². The number of ether oxygens (including phenoxy) is 2. The minimum Gasteiger partial charge on any atom is -0.459 e. The van der Waals surface area contributed by atoms with Crippen LogP contribution in [-0.2, 0) is 44.8 Å². The highest BCUT2D eigenvalue weighted by atomic mass is 16.5. The van der Waals surface area contributed by atoms with E-state index in [4.69, 9.17) is 9.47 Å². The Morgan fingerprint density at radius 2 is 1.40 bits per heavy atom. The Morgan fingerprint density at radius 3 is 2.02 bits per heavy atom. The molecule has 1 aromatic rings. The number of ketones is 1. The smallest absolute Gasteiger partial charge is 0.407 e. The van der Waals surface area contributed by atoms with Crippen LogP contribution in [0.1, 0.15) is 116 Å². The molecule has 0 aromatic heterocycles. The van der Waals surface area contributed by atoms with E-state index in [0.717, 1.165) is 69.8 Å². The summed E-state index contributed by atoms with van der Waals surface area (Å²) in [5.41, 5.74) is 0.816. The number of nitrogens with one attached hydrogen (secondary N) is 4. The molecule has 14 heteroatoms. The van der Waals surface area contributed by atoms with E-state index in [-0.39, 0.29) is 43.3 Å². The zero-order chi connectivity index (χ0) is 39.7. The van der Waals surface area contributed by atoms with Gasteiger partial charge in [-0.05, 0) is 68.3 Å². The largest absolute Gasteiger partial charge is 0.459 e. The van der Waals surface area contributed by atoms with Crippen LogP contribution in [0.4, 0.5) is 4.79 Å². The molecule has 1 saturated heterocycles. The van der Waals surface area contributed by atoms with Crippen LogP contribution in [0.15, 0.2) is 30.3 Å². The second-order valence-electron chi connectivity index (χ2n) is 15.6. The first-order valence-corrected chi connectivity index (χ1v) is 20.3. The number of benzene rings is 1. The summed E-state index contributed by atoms with van der Waals surface area (Å²) in [7, 11) is 0. The van der Waals surface area contributed by atoms with Crippen molar-refractivity contribution in [3.05, 3.63) is 35.9 Å². The molecule has 5 amide bonds. The van der Waals surface area contributed by atoms with Crippen molar-refractivity contribution in [1.82, 2.24) is 26.2 Å². The third kappa shape index (κ3) is 13.3. The van der Waals surface area contributed by atoms with Crippen LogP contribution in [0.5, 0.6) is 0 Å². The molecule has 1 aliphatic heterocycles. The first-order valence-electron chi connectivity index (χ1n) is 20.3. The number of rotatable bonds is 18. The van der Waals surface area contributed by atoms with E-state index in [2.05, 4.69) is 21.3 Å². The van der Waals surface area contributed by atoms with Crippen molar-refractivity contribution >= 4 is 41.5 Å². The number of carbonyl (C=O) groups is 7. The van der Waals surface area contributed by atoms with Gasteiger partial charge in [-0.3, -0.25) is 24.0 Å². The topological polar surface area (TPSA) is 189 Å². The molecule has 0 spiro atoms. The average molecular weight is 768 g/mol. The van der Waals surface area contributed by atoms with Crippen molar-refractivity contribution in [2.45, 2.75) is 141 Å². The molecule has 14 nitrogen and oxygen atoms in total. The lowest BCUT2D eigenvalue weighted by atomic mass is 9.83. The lowest BCUT2D eigenvalue weighted by Gasteiger charge is -2.34. The minimum absolute atomic E-state index is 0.0619. The van der Waals surface area contributed by atoms with Crippen LogP contribution < -0.4 is 21.3 Å². The summed E-state index contributed by atoms with van der Waals surface area (Å²) in [6, 6.07) is 5.42. The van der Waals surface area contributed by atoms with Gasteiger partial charge in [-0.2, -0.15) is 0 Å². The van der Waals surface area contributed by atoms with Crippen molar-refractivity contribution in [2.75, 3.05) is 19.7 Å². The van der Waals surface area contributed by atoms with Crippen LogP contribution >= 0.6 is 0 Å². The number of nitrogens with zero attached hydrogens (tertiary/aromatic N) is 1. The molecule has 1 heterocycles. The number of Topliss-reactive ketones (excluding diaryl/α,β-unsaturated/α-hetero) is 1. The standard InChI is InChI=1S/C41H61N5O9/c1-4-15-31(43-37(49)32-22-14-23-46(32)39(51)34(29-18-10-6-11-19-29)45-41(53)55-25-27(2)3)36(48)38(50)42-24-33(47)44-35(30-20-12-7-13-21-30)40(52)54-26-28-16-8-5-9-17-28/h5,8-9,16-17,27,29-32,34-35H,4,6-7,10-15,18-26H2,1-3H3,(H,42,50)(H,43,49)(H,44,47)(H,45,53)/t31?,32-,34-,35?/m0/s1. The molecule has 2 aliphatic carbocycles. The summed E-state index contributed by atoms with van der Waals surface area (Å²) in [5, 5.41) is 10.6. The summed E-state index contributed by atoms with van der Waals surface area (Å²) in [6.07, 6.45) is 9.76. The average Bonchev–Trinajstić information content (AvgIpc) is 3.70. The lowest BCUT2D eigenvalue weighted by molar-refractivity contribution is -0.151. The van der Waals surface area contributed by atoms with Gasteiger partial charge in [-0.25, -0.2) is 9.59 Å². The van der Waals surface area contributed by atoms with Crippen LogP contribution in [0, 0.1) is 17.8 Å². The monoisotopic (exact) mass is 767 g/mol. The van der Waals surface area contributed by atoms with E-state index in [1.807, 2.05) is 51.1 Å². The zero-order valence-corrected chi connectivity index (χ0v) is 32.8. The molecule has 0 bridgehead atoms. The number of esters is 1. The highest BCUT2D eigenvalue weighted by molar-refractivity contribution is 6.38. The third-order valence-electron chi connectivity index (χ3n) is 10.8. The molecule has 55 heavy (non-hydrogen) atoms. The maximum atomic E-state index is 14.0. The van der Waals surface area contributed by atoms with Gasteiger partial charge in [0.15, 0.2) is 0 Å². The Hall–Kier alpha value is -4.49. The highest BCUT2D eigenvalue weighted by Crippen LogP contribution is 2.30. The lowest BCUT2D eigenvalue weighted by Crippen LogP contribution is -2.58. The predicted molar refractivity (Wildman–Crippen MR) is 204 cm³/mol. The number of likely N-dealkylation sites (tertiary alicyclic amines) is 1. The van der Waals surface area contributed by atoms with Gasteiger partial charge in [0.2, 0.25) is 23.5 Å². The Bertz CT molecular complexity index is 1460.